The van der Waals surface area contributed by atoms with Gasteiger partial charge in [-0.15, -0.1) is 5.10 Å². The molecule has 0 amide bonds. The van der Waals surface area contributed by atoms with E-state index in [1.54, 1.807) is 19.1 Å². The monoisotopic (exact) mass is 486 g/mol. The highest BCUT2D eigenvalue weighted by Gasteiger charge is 2.30. The number of ether oxygens (including phenoxy) is 1. The van der Waals surface area contributed by atoms with Crippen LogP contribution in [-0.4, -0.2) is 38.0 Å². The van der Waals surface area contributed by atoms with Crippen LogP contribution < -0.4 is 5.32 Å². The lowest BCUT2D eigenvalue weighted by atomic mass is 10.1. The van der Waals surface area contributed by atoms with Gasteiger partial charge in [-0.1, -0.05) is 5.21 Å². The van der Waals surface area contributed by atoms with Gasteiger partial charge in [0.15, 0.2) is 0 Å². The number of pyridine rings is 2. The number of esters is 1. The zero-order chi connectivity index (χ0) is 25.2. The number of alkyl halides is 3. The van der Waals surface area contributed by atoms with E-state index in [2.05, 4.69) is 25.6 Å². The summed E-state index contributed by atoms with van der Waals surface area (Å²) in [6.07, 6.45) is -3.47. The molecule has 0 aliphatic rings. The molecule has 0 aliphatic carbocycles. The normalized spacial score (nSPS) is 11.4. The Morgan fingerprint density at radius 2 is 1.83 bits per heavy atom. The first kappa shape index (κ1) is 23.8. The van der Waals surface area contributed by atoms with E-state index >= 15 is 0 Å². The number of hydrogen-bond donors (Lipinski definition) is 1. The fourth-order valence-corrected chi connectivity index (χ4v) is 3.34. The molecule has 4 aromatic rings. The van der Waals surface area contributed by atoms with Crippen molar-refractivity contribution in [1.82, 2.24) is 25.0 Å². The zero-order valence-corrected chi connectivity index (χ0v) is 18.5. The minimum absolute atomic E-state index is 0.0445. The highest BCUT2D eigenvalue weighted by Crippen LogP contribution is 2.33. The maximum absolute atomic E-state index is 13.5. The molecule has 0 saturated carbocycles. The second kappa shape index (κ2) is 9.49. The number of halogens is 4. The second-order valence-electron chi connectivity index (χ2n) is 7.49. The van der Waals surface area contributed by atoms with Gasteiger partial charge in [-0.3, -0.25) is 4.79 Å². The number of methoxy groups -OCH3 is 1. The summed E-state index contributed by atoms with van der Waals surface area (Å²) in [4.78, 5) is 20.3. The number of carbonyl (C=O) groups excluding carboxylic acids is 1. The van der Waals surface area contributed by atoms with E-state index in [1.807, 2.05) is 0 Å². The molecule has 0 spiro atoms. The van der Waals surface area contributed by atoms with E-state index in [0.29, 0.717) is 17.0 Å². The van der Waals surface area contributed by atoms with Crippen LogP contribution in [0.2, 0.25) is 0 Å². The van der Waals surface area contributed by atoms with Gasteiger partial charge in [0.1, 0.15) is 29.7 Å². The van der Waals surface area contributed by atoms with E-state index < -0.39 is 23.5 Å². The predicted octanol–water partition coefficient (Wildman–Crippen LogP) is 4.79. The third-order valence-electron chi connectivity index (χ3n) is 4.92. The Morgan fingerprint density at radius 3 is 2.51 bits per heavy atom. The van der Waals surface area contributed by atoms with Crippen molar-refractivity contribution in [2.75, 3.05) is 12.4 Å². The van der Waals surface area contributed by atoms with Crippen molar-refractivity contribution in [2.24, 2.45) is 0 Å². The van der Waals surface area contributed by atoms with E-state index in [-0.39, 0.29) is 23.9 Å². The van der Waals surface area contributed by atoms with Crippen LogP contribution >= 0.6 is 0 Å². The second-order valence-corrected chi connectivity index (χ2v) is 7.49. The van der Waals surface area contributed by atoms with Crippen LogP contribution in [0.5, 0.6) is 0 Å². The maximum atomic E-state index is 13.5. The fourth-order valence-electron chi connectivity index (χ4n) is 3.34. The molecule has 1 N–H and O–H groups in total. The Morgan fingerprint density at radius 1 is 1.09 bits per heavy atom. The van der Waals surface area contributed by atoms with Crippen LogP contribution in [0.4, 0.5) is 29.2 Å². The molecular weight excluding hydrogens is 468 g/mol. The number of anilines is 2. The lowest BCUT2D eigenvalue weighted by Gasteiger charge is -2.11. The highest BCUT2D eigenvalue weighted by atomic mass is 19.4. The third kappa shape index (κ3) is 5.42. The molecule has 0 aliphatic heterocycles. The highest BCUT2D eigenvalue weighted by molar-refractivity contribution is 5.79. The topological polar surface area (TPSA) is 94.8 Å². The van der Waals surface area contributed by atoms with Crippen LogP contribution in [0, 0.1) is 12.7 Å². The van der Waals surface area contributed by atoms with Crippen LogP contribution in [0.3, 0.4) is 0 Å². The first-order valence-corrected chi connectivity index (χ1v) is 10.2. The molecule has 0 atom stereocenters. The number of carbonyl (C=O) groups is 1. The molecule has 0 radical (unpaired) electrons. The van der Waals surface area contributed by atoms with E-state index in [0.717, 1.165) is 23.9 Å². The summed E-state index contributed by atoms with van der Waals surface area (Å²) >= 11 is 0. The zero-order valence-electron chi connectivity index (χ0n) is 18.5. The van der Waals surface area contributed by atoms with Gasteiger partial charge in [-0.25, -0.2) is 19.0 Å². The number of nitrogens with zero attached hydrogens (tertiary/aromatic N) is 5. The van der Waals surface area contributed by atoms with Gasteiger partial charge in [0.05, 0.1) is 24.1 Å². The number of hydrogen-bond acceptors (Lipinski definition) is 7. The summed E-state index contributed by atoms with van der Waals surface area (Å²) in [5, 5.41) is 11.0. The standard InChI is InChI=1S/C23H18F4N6O2/c1-13-9-17(29-19(10-13)30-18-11-15(7-8-28-18)23(25,26)27)21-22(14-3-5-16(24)6-4-14)33(32-31-21)12-20(34)35-2/h3-11H,12H2,1-2H3,(H,28,29,30). The van der Waals surface area contributed by atoms with Gasteiger partial charge in [0.2, 0.25) is 0 Å². The number of rotatable bonds is 6. The average molecular weight is 486 g/mol. The summed E-state index contributed by atoms with van der Waals surface area (Å²) in [6, 6.07) is 10.6. The molecule has 0 unspecified atom stereocenters. The number of nitrogens with one attached hydrogen (secondary N) is 1. The van der Waals surface area contributed by atoms with E-state index in [1.165, 1.54) is 36.1 Å². The lowest BCUT2D eigenvalue weighted by molar-refractivity contribution is -0.141. The number of aromatic nitrogens is 5. The molecule has 8 nitrogen and oxygen atoms in total. The van der Waals surface area contributed by atoms with Crippen LogP contribution in [0.15, 0.2) is 54.7 Å². The summed E-state index contributed by atoms with van der Waals surface area (Å²) < 4.78 is 58.7. The molecule has 180 valence electrons. The molecule has 1 aromatic carbocycles. The maximum Gasteiger partial charge on any atom is 0.416 e. The summed E-state index contributed by atoms with van der Waals surface area (Å²) in [5.41, 5.74) is 1.38. The minimum Gasteiger partial charge on any atom is -0.468 e. The largest absolute Gasteiger partial charge is 0.468 e. The smallest absolute Gasteiger partial charge is 0.416 e. The van der Waals surface area contributed by atoms with Crippen LogP contribution in [-0.2, 0) is 22.3 Å². The van der Waals surface area contributed by atoms with Gasteiger partial charge in [-0.2, -0.15) is 13.2 Å². The van der Waals surface area contributed by atoms with Crippen molar-refractivity contribution >= 4 is 17.6 Å². The quantitative estimate of drug-likeness (QED) is 0.309. The van der Waals surface area contributed by atoms with Crippen molar-refractivity contribution in [3.63, 3.8) is 0 Å². The van der Waals surface area contributed by atoms with Crippen molar-refractivity contribution in [3.8, 4) is 22.6 Å². The molecule has 0 fully saturated rings. The molecule has 3 aromatic heterocycles. The number of benzene rings is 1. The Labute approximate surface area is 196 Å². The van der Waals surface area contributed by atoms with Gasteiger partial charge >= 0.3 is 12.1 Å². The summed E-state index contributed by atoms with van der Waals surface area (Å²) in [5.74, 6) is -0.840. The Kier molecular flexibility index (Phi) is 6.45. The lowest BCUT2D eigenvalue weighted by Crippen LogP contribution is -2.14. The van der Waals surface area contributed by atoms with Gasteiger partial charge in [0.25, 0.3) is 0 Å². The summed E-state index contributed by atoms with van der Waals surface area (Å²) in [7, 11) is 1.24. The van der Waals surface area contributed by atoms with Crippen molar-refractivity contribution < 1.29 is 27.1 Å². The van der Waals surface area contributed by atoms with Crippen LogP contribution in [0.1, 0.15) is 11.1 Å². The molecule has 3 heterocycles. The van der Waals surface area contributed by atoms with Crippen LogP contribution in [0.25, 0.3) is 22.6 Å². The minimum atomic E-state index is -4.52. The van der Waals surface area contributed by atoms with E-state index in [4.69, 9.17) is 4.74 Å². The Balaban J connectivity index is 1.77. The summed E-state index contributed by atoms with van der Waals surface area (Å²) in [6.45, 7) is 1.52. The molecule has 4 rings (SSSR count). The Hall–Kier alpha value is -4.35. The Bertz CT molecular complexity index is 1370. The van der Waals surface area contributed by atoms with Gasteiger partial charge < -0.3 is 10.1 Å². The van der Waals surface area contributed by atoms with E-state index in [9.17, 15) is 22.4 Å². The molecule has 0 bridgehead atoms. The molecule has 35 heavy (non-hydrogen) atoms. The predicted molar refractivity (Wildman–Crippen MR) is 118 cm³/mol. The van der Waals surface area contributed by atoms with Crippen molar-refractivity contribution in [2.45, 2.75) is 19.6 Å². The molecule has 0 saturated heterocycles. The fraction of sp³-hybridized carbons (Fsp3) is 0.174. The SMILES string of the molecule is COC(=O)Cn1nnc(-c2cc(C)cc(Nc3cc(C(F)(F)F)ccn3)n2)c1-c1ccc(F)cc1. The first-order valence-electron chi connectivity index (χ1n) is 10.2. The average Bonchev–Trinajstić information content (AvgIpc) is 3.22. The van der Waals surface area contributed by atoms with Crippen molar-refractivity contribution in [3.05, 3.63) is 71.7 Å². The van der Waals surface area contributed by atoms with Crippen molar-refractivity contribution in [1.29, 1.82) is 0 Å². The molecule has 12 heteroatoms. The van der Waals surface area contributed by atoms with Gasteiger partial charge in [-0.05, 0) is 61.0 Å². The molecular formula is C23H18F4N6O2. The third-order valence-corrected chi connectivity index (χ3v) is 4.92. The van der Waals surface area contributed by atoms with Gasteiger partial charge in [0, 0.05) is 11.8 Å². The first-order chi connectivity index (χ1) is 16.6. The number of aryl methyl sites for hydroxylation is 1.